The summed E-state index contributed by atoms with van der Waals surface area (Å²) in [5.74, 6) is -0.564. The van der Waals surface area contributed by atoms with E-state index in [9.17, 15) is 9.59 Å². The van der Waals surface area contributed by atoms with E-state index in [1.807, 2.05) is 0 Å². The molecule has 0 saturated heterocycles. The number of hydrogen-bond donors (Lipinski definition) is 0. The molecule has 0 N–H and O–H groups in total. The highest BCUT2D eigenvalue weighted by Gasteiger charge is 2.18. The maximum atomic E-state index is 11.6. The number of carbonyl (C=O) groups is 2. The van der Waals surface area contributed by atoms with Crippen molar-refractivity contribution in [2.45, 2.75) is 19.8 Å². The summed E-state index contributed by atoms with van der Waals surface area (Å²) >= 11 is 0. The second-order valence-corrected chi connectivity index (χ2v) is 3.79. The lowest BCUT2D eigenvalue weighted by molar-refractivity contribution is -0.146. The SMILES string of the molecule is COCCCC(=O)N(C)CC(C)C(=O)OC. The smallest absolute Gasteiger partial charge is 0.310 e. The van der Waals surface area contributed by atoms with Crippen molar-refractivity contribution < 1.29 is 19.1 Å². The fraction of sp³-hybridized carbons (Fsp3) is 0.818. The number of carbonyl (C=O) groups excluding carboxylic acids is 2. The summed E-state index contributed by atoms with van der Waals surface area (Å²) in [5.41, 5.74) is 0. The minimum Gasteiger partial charge on any atom is -0.469 e. The van der Waals surface area contributed by atoms with Crippen LogP contribution in [0.1, 0.15) is 19.8 Å². The van der Waals surface area contributed by atoms with Crippen LogP contribution in [-0.4, -0.2) is 51.2 Å². The number of rotatable bonds is 7. The van der Waals surface area contributed by atoms with E-state index < -0.39 is 0 Å². The third kappa shape index (κ3) is 5.70. The average Bonchev–Trinajstić information content (AvgIpc) is 2.27. The van der Waals surface area contributed by atoms with Gasteiger partial charge in [0.25, 0.3) is 0 Å². The third-order valence-corrected chi connectivity index (χ3v) is 2.32. The van der Waals surface area contributed by atoms with Crippen LogP contribution in [0.25, 0.3) is 0 Å². The van der Waals surface area contributed by atoms with Gasteiger partial charge >= 0.3 is 5.97 Å². The predicted octanol–water partition coefficient (Wildman–Crippen LogP) is 0.680. The number of methoxy groups -OCH3 is 2. The molecule has 5 nitrogen and oxygen atoms in total. The minimum absolute atomic E-state index is 0.0211. The summed E-state index contributed by atoms with van der Waals surface area (Å²) in [5, 5.41) is 0. The van der Waals surface area contributed by atoms with Crippen LogP contribution in [0.5, 0.6) is 0 Å². The molecule has 0 saturated carbocycles. The first kappa shape index (κ1) is 14.9. The van der Waals surface area contributed by atoms with E-state index in [-0.39, 0.29) is 17.8 Å². The molecule has 0 spiro atoms. The number of amides is 1. The van der Waals surface area contributed by atoms with Crippen molar-refractivity contribution in [3.05, 3.63) is 0 Å². The molecular weight excluding hydrogens is 210 g/mol. The summed E-state index contributed by atoms with van der Waals surface area (Å²) in [7, 11) is 4.64. The zero-order valence-corrected chi connectivity index (χ0v) is 10.5. The van der Waals surface area contributed by atoms with Crippen LogP contribution >= 0.6 is 0 Å². The molecular formula is C11H21NO4. The highest BCUT2D eigenvalue weighted by molar-refractivity contribution is 5.77. The van der Waals surface area contributed by atoms with Crippen molar-refractivity contribution in [3.63, 3.8) is 0 Å². The lowest BCUT2D eigenvalue weighted by Crippen LogP contribution is -2.34. The molecule has 5 heteroatoms. The van der Waals surface area contributed by atoms with Gasteiger partial charge in [0.15, 0.2) is 0 Å². The van der Waals surface area contributed by atoms with Crippen LogP contribution in [0.2, 0.25) is 0 Å². The molecule has 1 unspecified atom stereocenters. The summed E-state index contributed by atoms with van der Waals surface area (Å²) < 4.78 is 9.46. The molecule has 0 aliphatic heterocycles. The first-order chi connectivity index (χ1) is 7.52. The molecule has 0 aliphatic carbocycles. The summed E-state index contributed by atoms with van der Waals surface area (Å²) in [6.07, 6.45) is 1.14. The molecule has 0 bridgehead atoms. The van der Waals surface area contributed by atoms with Crippen LogP contribution in [0.15, 0.2) is 0 Å². The molecule has 0 radical (unpaired) electrons. The van der Waals surface area contributed by atoms with Gasteiger partial charge in [-0.2, -0.15) is 0 Å². The van der Waals surface area contributed by atoms with Gasteiger partial charge in [0, 0.05) is 33.7 Å². The normalized spacial score (nSPS) is 12.0. The highest BCUT2D eigenvalue weighted by atomic mass is 16.5. The predicted molar refractivity (Wildman–Crippen MR) is 59.9 cm³/mol. The van der Waals surface area contributed by atoms with Crippen LogP contribution in [0.4, 0.5) is 0 Å². The Morgan fingerprint density at radius 2 is 1.94 bits per heavy atom. The van der Waals surface area contributed by atoms with Gasteiger partial charge in [-0.05, 0) is 6.42 Å². The van der Waals surface area contributed by atoms with E-state index >= 15 is 0 Å². The van der Waals surface area contributed by atoms with Gasteiger partial charge in [-0.25, -0.2) is 0 Å². The zero-order valence-electron chi connectivity index (χ0n) is 10.5. The molecule has 0 heterocycles. The fourth-order valence-corrected chi connectivity index (χ4v) is 1.35. The number of hydrogen-bond acceptors (Lipinski definition) is 4. The first-order valence-electron chi connectivity index (χ1n) is 5.33. The van der Waals surface area contributed by atoms with Crippen molar-refractivity contribution in [2.24, 2.45) is 5.92 Å². The summed E-state index contributed by atoms with van der Waals surface area (Å²) in [6.45, 7) is 2.70. The van der Waals surface area contributed by atoms with Gasteiger partial charge in [0.1, 0.15) is 0 Å². The molecule has 1 amide bonds. The zero-order chi connectivity index (χ0) is 12.6. The summed E-state index contributed by atoms with van der Waals surface area (Å²) in [6, 6.07) is 0. The van der Waals surface area contributed by atoms with Crippen molar-refractivity contribution in [1.82, 2.24) is 4.90 Å². The second kappa shape index (κ2) is 8.10. The van der Waals surface area contributed by atoms with E-state index in [1.54, 1.807) is 26.0 Å². The van der Waals surface area contributed by atoms with Crippen LogP contribution in [0.3, 0.4) is 0 Å². The molecule has 0 fully saturated rings. The maximum Gasteiger partial charge on any atom is 0.310 e. The average molecular weight is 231 g/mol. The molecule has 0 rings (SSSR count). The van der Waals surface area contributed by atoms with Gasteiger partial charge in [-0.15, -0.1) is 0 Å². The largest absolute Gasteiger partial charge is 0.469 e. The quantitative estimate of drug-likeness (QED) is 0.477. The number of esters is 1. The molecule has 1 atom stereocenters. The van der Waals surface area contributed by atoms with Gasteiger partial charge in [-0.3, -0.25) is 9.59 Å². The van der Waals surface area contributed by atoms with Gasteiger partial charge in [0.2, 0.25) is 5.91 Å². The Morgan fingerprint density at radius 1 is 1.31 bits per heavy atom. The lowest BCUT2D eigenvalue weighted by atomic mass is 10.1. The Bertz CT molecular complexity index is 230. The minimum atomic E-state index is -0.295. The molecule has 0 aliphatic rings. The van der Waals surface area contributed by atoms with Gasteiger partial charge < -0.3 is 14.4 Å². The molecule has 0 aromatic carbocycles. The van der Waals surface area contributed by atoms with Gasteiger partial charge in [0.05, 0.1) is 13.0 Å². The third-order valence-electron chi connectivity index (χ3n) is 2.32. The highest BCUT2D eigenvalue weighted by Crippen LogP contribution is 2.03. The van der Waals surface area contributed by atoms with Crippen molar-refractivity contribution in [2.75, 3.05) is 34.4 Å². The van der Waals surface area contributed by atoms with Crippen molar-refractivity contribution >= 4 is 11.9 Å². The maximum absolute atomic E-state index is 11.6. The lowest BCUT2D eigenvalue weighted by Gasteiger charge is -2.20. The van der Waals surface area contributed by atoms with E-state index in [0.717, 1.165) is 0 Å². The second-order valence-electron chi connectivity index (χ2n) is 3.79. The van der Waals surface area contributed by atoms with E-state index in [1.165, 1.54) is 7.11 Å². The fourth-order valence-electron chi connectivity index (χ4n) is 1.35. The Labute approximate surface area is 96.7 Å². The van der Waals surface area contributed by atoms with Gasteiger partial charge in [-0.1, -0.05) is 6.92 Å². The summed E-state index contributed by atoms with van der Waals surface area (Å²) in [4.78, 5) is 24.3. The van der Waals surface area contributed by atoms with E-state index in [2.05, 4.69) is 4.74 Å². The topological polar surface area (TPSA) is 55.8 Å². The molecule has 0 aromatic rings. The molecule has 0 aromatic heterocycles. The molecule has 16 heavy (non-hydrogen) atoms. The Kier molecular flexibility index (Phi) is 7.54. The van der Waals surface area contributed by atoms with Crippen LogP contribution < -0.4 is 0 Å². The Balaban J connectivity index is 3.90. The van der Waals surface area contributed by atoms with Crippen molar-refractivity contribution in [3.8, 4) is 0 Å². The monoisotopic (exact) mass is 231 g/mol. The number of ether oxygens (including phenoxy) is 2. The van der Waals surface area contributed by atoms with E-state index in [0.29, 0.717) is 26.0 Å². The Hall–Kier alpha value is -1.10. The van der Waals surface area contributed by atoms with Crippen LogP contribution in [0, 0.1) is 5.92 Å². The molecule has 94 valence electrons. The standard InChI is InChI=1S/C11H21NO4/c1-9(11(14)16-4)8-12(2)10(13)6-5-7-15-3/h9H,5-8H2,1-4H3. The van der Waals surface area contributed by atoms with Crippen LogP contribution in [-0.2, 0) is 19.1 Å². The Morgan fingerprint density at radius 3 is 2.44 bits per heavy atom. The first-order valence-corrected chi connectivity index (χ1v) is 5.33. The number of nitrogens with zero attached hydrogens (tertiary/aromatic N) is 1. The van der Waals surface area contributed by atoms with Crippen molar-refractivity contribution in [1.29, 1.82) is 0 Å². The van der Waals surface area contributed by atoms with E-state index in [4.69, 9.17) is 4.74 Å².